The summed E-state index contributed by atoms with van der Waals surface area (Å²) in [5, 5.41) is 10.4. The lowest BCUT2D eigenvalue weighted by atomic mass is 9.98. The van der Waals surface area contributed by atoms with Crippen LogP contribution in [0.25, 0.3) is 22.6 Å². The second kappa shape index (κ2) is 9.37. The Morgan fingerprint density at radius 3 is 2.47 bits per heavy atom. The van der Waals surface area contributed by atoms with Gasteiger partial charge in [-0.1, -0.05) is 32.8 Å². The maximum atomic E-state index is 14.4. The Morgan fingerprint density at radius 1 is 1.13 bits per heavy atom. The summed E-state index contributed by atoms with van der Waals surface area (Å²) in [7, 11) is 0. The molecule has 2 heterocycles. The maximum absolute atomic E-state index is 14.4. The van der Waals surface area contributed by atoms with Crippen molar-refractivity contribution in [1.29, 1.82) is 0 Å². The first-order chi connectivity index (χ1) is 13.8. The van der Waals surface area contributed by atoms with Crippen molar-refractivity contribution < 1.29 is 13.9 Å². The van der Waals surface area contributed by atoms with Gasteiger partial charge >= 0.3 is 0 Å². The number of nitrogens with two attached hydrogens (primary N) is 1. The van der Waals surface area contributed by atoms with Gasteiger partial charge in [0.25, 0.3) is 0 Å². The predicted octanol–water partition coefficient (Wildman–Crippen LogP) is 4.09. The highest BCUT2D eigenvalue weighted by Gasteiger charge is 2.22. The van der Waals surface area contributed by atoms with Crippen LogP contribution in [-0.4, -0.2) is 30.2 Å². The first kappa shape index (κ1) is 23.5. The van der Waals surface area contributed by atoms with Crippen LogP contribution >= 0.6 is 12.4 Å². The number of anilines is 1. The lowest BCUT2D eigenvalue weighted by molar-refractivity contribution is 0.0931. The Balaban J connectivity index is 0.00000320. The molecule has 0 atom stereocenters. The summed E-state index contributed by atoms with van der Waals surface area (Å²) in [5.41, 5.74) is 5.63. The highest BCUT2D eigenvalue weighted by atomic mass is 35.5. The van der Waals surface area contributed by atoms with Gasteiger partial charge in [-0.05, 0) is 37.3 Å². The first-order valence-electron chi connectivity index (χ1n) is 9.57. The van der Waals surface area contributed by atoms with E-state index in [9.17, 15) is 13.9 Å². The fraction of sp³-hybridized carbons (Fsp3) is 0.381. The van der Waals surface area contributed by atoms with Crippen molar-refractivity contribution in [1.82, 2.24) is 19.5 Å². The number of benzene rings is 1. The molecule has 2 aromatic heterocycles. The lowest BCUT2D eigenvalue weighted by Gasteiger charge is -2.16. The van der Waals surface area contributed by atoms with Crippen LogP contribution in [0.2, 0.25) is 0 Å². The molecule has 160 valence electrons. The zero-order chi connectivity index (χ0) is 21.2. The maximum Gasteiger partial charge on any atom is 0.209 e. The van der Waals surface area contributed by atoms with Gasteiger partial charge in [0, 0.05) is 6.54 Å². The van der Waals surface area contributed by atoms with Crippen LogP contribution in [-0.2, 0) is 6.54 Å². The zero-order valence-corrected chi connectivity index (χ0v) is 17.9. The fourth-order valence-electron chi connectivity index (χ4n) is 2.99. The summed E-state index contributed by atoms with van der Waals surface area (Å²) >= 11 is 0. The molecule has 0 bridgehead atoms. The van der Waals surface area contributed by atoms with Gasteiger partial charge in [0.1, 0.15) is 11.4 Å². The Kier molecular flexibility index (Phi) is 7.34. The van der Waals surface area contributed by atoms with Crippen molar-refractivity contribution in [2.75, 3.05) is 5.73 Å². The molecule has 0 saturated carbocycles. The number of rotatable bonds is 5. The molecule has 3 aromatic rings. The molecule has 0 amide bonds. The molecule has 9 heteroatoms. The SMILES string of the molecule is CCCn1c(-c2cccc(F)c2F)nc2c(N)nc(C#CC(O)(CC)CC)nc21.Cl. The third kappa shape index (κ3) is 4.37. The molecule has 0 unspecified atom stereocenters. The van der Waals surface area contributed by atoms with E-state index in [4.69, 9.17) is 5.73 Å². The highest BCUT2D eigenvalue weighted by Crippen LogP contribution is 2.29. The zero-order valence-electron chi connectivity index (χ0n) is 17.0. The minimum Gasteiger partial charge on any atom is -0.382 e. The molecule has 0 aliphatic heterocycles. The highest BCUT2D eigenvalue weighted by molar-refractivity contribution is 5.86. The second-order valence-electron chi connectivity index (χ2n) is 6.78. The molecule has 0 saturated heterocycles. The van der Waals surface area contributed by atoms with Crippen LogP contribution in [0.3, 0.4) is 0 Å². The Hall–Kier alpha value is -2.76. The van der Waals surface area contributed by atoms with E-state index in [0.717, 1.165) is 6.07 Å². The molecule has 0 aliphatic rings. The number of imidazole rings is 1. The third-order valence-corrected chi connectivity index (χ3v) is 4.84. The van der Waals surface area contributed by atoms with E-state index < -0.39 is 17.2 Å². The Labute approximate surface area is 180 Å². The number of aliphatic hydroxyl groups is 1. The quantitative estimate of drug-likeness (QED) is 0.589. The Morgan fingerprint density at radius 2 is 1.83 bits per heavy atom. The molecule has 3 N–H and O–H groups in total. The van der Waals surface area contributed by atoms with Gasteiger partial charge in [0.15, 0.2) is 28.6 Å². The first-order valence-corrected chi connectivity index (χ1v) is 9.57. The van der Waals surface area contributed by atoms with Gasteiger partial charge in [0.2, 0.25) is 5.82 Å². The van der Waals surface area contributed by atoms with E-state index in [1.165, 1.54) is 12.1 Å². The van der Waals surface area contributed by atoms with Crippen LogP contribution in [0.15, 0.2) is 18.2 Å². The molecular weight excluding hydrogens is 412 g/mol. The smallest absolute Gasteiger partial charge is 0.209 e. The van der Waals surface area contributed by atoms with Gasteiger partial charge < -0.3 is 15.4 Å². The van der Waals surface area contributed by atoms with Gasteiger partial charge in [-0.15, -0.1) is 12.4 Å². The van der Waals surface area contributed by atoms with Gasteiger partial charge in [-0.2, -0.15) is 0 Å². The normalized spacial score (nSPS) is 11.1. The van der Waals surface area contributed by atoms with Gasteiger partial charge in [-0.25, -0.2) is 23.7 Å². The standard InChI is InChI=1S/C21H23F2N5O.ClH/c1-4-12-28-19(13-8-7-9-14(22)16(13)23)27-17-18(24)25-15(26-20(17)28)10-11-21(29,5-2)6-3;/h7-9,29H,4-6,12H2,1-3H3,(H2,24,25,26);1H. The fourth-order valence-corrected chi connectivity index (χ4v) is 2.99. The van der Waals surface area contributed by atoms with Crippen molar-refractivity contribution in [3.63, 3.8) is 0 Å². The molecule has 6 nitrogen and oxygen atoms in total. The number of nitrogens with zero attached hydrogens (tertiary/aromatic N) is 4. The monoisotopic (exact) mass is 435 g/mol. The average molecular weight is 436 g/mol. The van der Waals surface area contributed by atoms with Crippen molar-refractivity contribution in [3.8, 4) is 23.2 Å². The van der Waals surface area contributed by atoms with Crippen molar-refractivity contribution in [2.24, 2.45) is 0 Å². The Bertz CT molecular complexity index is 1120. The lowest BCUT2D eigenvalue weighted by Crippen LogP contribution is -2.23. The number of hydrogen-bond acceptors (Lipinski definition) is 5. The summed E-state index contributed by atoms with van der Waals surface area (Å²) in [6.45, 7) is 6.10. The minimum absolute atomic E-state index is 0. The van der Waals surface area contributed by atoms with Crippen LogP contribution < -0.4 is 5.73 Å². The number of hydrogen-bond donors (Lipinski definition) is 2. The van der Waals surface area contributed by atoms with Gasteiger partial charge in [0.05, 0.1) is 5.56 Å². The topological polar surface area (TPSA) is 89.9 Å². The molecule has 30 heavy (non-hydrogen) atoms. The van der Waals surface area contributed by atoms with Crippen molar-refractivity contribution >= 4 is 29.4 Å². The summed E-state index contributed by atoms with van der Waals surface area (Å²) < 4.78 is 29.8. The number of aryl methyl sites for hydroxylation is 1. The van der Waals surface area contributed by atoms with Crippen LogP contribution in [0, 0.1) is 23.5 Å². The van der Waals surface area contributed by atoms with E-state index in [0.29, 0.717) is 37.0 Å². The largest absolute Gasteiger partial charge is 0.382 e. The number of halogens is 3. The molecular formula is C21H24ClF2N5O. The molecule has 0 radical (unpaired) electrons. The summed E-state index contributed by atoms with van der Waals surface area (Å²) in [6, 6.07) is 3.93. The van der Waals surface area contributed by atoms with Crippen molar-refractivity contribution in [2.45, 2.75) is 52.2 Å². The van der Waals surface area contributed by atoms with E-state index >= 15 is 0 Å². The molecule has 0 spiro atoms. The molecule has 0 aliphatic carbocycles. The van der Waals surface area contributed by atoms with E-state index in [-0.39, 0.29) is 35.4 Å². The second-order valence-corrected chi connectivity index (χ2v) is 6.78. The van der Waals surface area contributed by atoms with E-state index in [1.807, 2.05) is 20.8 Å². The number of aromatic nitrogens is 4. The van der Waals surface area contributed by atoms with Crippen molar-refractivity contribution in [3.05, 3.63) is 35.7 Å². The predicted molar refractivity (Wildman–Crippen MR) is 115 cm³/mol. The summed E-state index contributed by atoms with van der Waals surface area (Å²) in [4.78, 5) is 13.0. The number of fused-ring (bicyclic) bond motifs is 1. The van der Waals surface area contributed by atoms with E-state index in [2.05, 4.69) is 26.8 Å². The van der Waals surface area contributed by atoms with Crippen LogP contribution in [0.5, 0.6) is 0 Å². The minimum atomic E-state index is -1.13. The average Bonchev–Trinajstić information content (AvgIpc) is 3.07. The molecule has 1 aromatic carbocycles. The molecule has 0 fully saturated rings. The summed E-state index contributed by atoms with van der Waals surface area (Å²) in [5.74, 6) is 4.09. The summed E-state index contributed by atoms with van der Waals surface area (Å²) in [6.07, 6.45) is 1.64. The third-order valence-electron chi connectivity index (χ3n) is 4.84. The van der Waals surface area contributed by atoms with Crippen LogP contribution in [0.4, 0.5) is 14.6 Å². The molecule has 3 rings (SSSR count). The van der Waals surface area contributed by atoms with Gasteiger partial charge in [-0.3, -0.25) is 0 Å². The van der Waals surface area contributed by atoms with E-state index in [1.54, 1.807) is 4.57 Å². The van der Waals surface area contributed by atoms with Crippen LogP contribution in [0.1, 0.15) is 45.9 Å². The number of nitrogen functional groups attached to an aromatic ring is 1.